The first-order chi connectivity index (χ1) is 10.3. The third-order valence-corrected chi connectivity index (χ3v) is 4.03. The first-order valence-corrected chi connectivity index (χ1v) is 7.61. The van der Waals surface area contributed by atoms with Crippen molar-refractivity contribution in [2.75, 3.05) is 18.0 Å². The highest BCUT2D eigenvalue weighted by Crippen LogP contribution is 2.24. The molecule has 0 saturated carbocycles. The highest BCUT2D eigenvalue weighted by molar-refractivity contribution is 5.54. The largest absolute Gasteiger partial charge is 0.371 e. The van der Waals surface area contributed by atoms with Crippen molar-refractivity contribution in [2.24, 2.45) is 0 Å². The third-order valence-electron chi connectivity index (χ3n) is 4.03. The quantitative estimate of drug-likeness (QED) is 0.900. The summed E-state index contributed by atoms with van der Waals surface area (Å²) in [6, 6.07) is 15.4. The molecule has 0 bridgehead atoms. The lowest BCUT2D eigenvalue weighted by atomic mass is 10.1. The number of rotatable bonds is 5. The summed E-state index contributed by atoms with van der Waals surface area (Å²) in [5.74, 6) is -0.141. The molecular formula is C18H21FN2. The Kier molecular flexibility index (Phi) is 4.51. The van der Waals surface area contributed by atoms with Gasteiger partial charge in [0.2, 0.25) is 0 Å². The summed E-state index contributed by atoms with van der Waals surface area (Å²) in [7, 11) is 0. The Hall–Kier alpha value is -1.87. The summed E-state index contributed by atoms with van der Waals surface area (Å²) in [4.78, 5) is 2.44. The predicted molar refractivity (Wildman–Crippen MR) is 84.8 cm³/mol. The van der Waals surface area contributed by atoms with Gasteiger partial charge in [-0.25, -0.2) is 4.39 Å². The molecule has 1 fully saturated rings. The highest BCUT2D eigenvalue weighted by atomic mass is 19.1. The van der Waals surface area contributed by atoms with E-state index < -0.39 is 0 Å². The Morgan fingerprint density at radius 3 is 2.24 bits per heavy atom. The summed E-state index contributed by atoms with van der Waals surface area (Å²) in [6.07, 6.45) is 2.55. The topological polar surface area (TPSA) is 15.3 Å². The van der Waals surface area contributed by atoms with E-state index in [4.69, 9.17) is 0 Å². The Morgan fingerprint density at radius 1 is 0.857 bits per heavy atom. The zero-order valence-electron chi connectivity index (χ0n) is 12.2. The van der Waals surface area contributed by atoms with Crippen LogP contribution in [0.4, 0.5) is 10.1 Å². The number of anilines is 1. The van der Waals surface area contributed by atoms with Crippen LogP contribution in [-0.4, -0.2) is 13.1 Å². The lowest BCUT2D eigenvalue weighted by Gasteiger charge is -2.21. The smallest absolute Gasteiger partial charge is 0.127 e. The van der Waals surface area contributed by atoms with Crippen LogP contribution in [0.2, 0.25) is 0 Å². The first kappa shape index (κ1) is 14.1. The molecule has 2 aromatic carbocycles. The summed E-state index contributed by atoms with van der Waals surface area (Å²) < 4.78 is 13.6. The van der Waals surface area contributed by atoms with Crippen LogP contribution in [0.1, 0.15) is 24.0 Å². The molecular weight excluding hydrogens is 263 g/mol. The molecule has 3 heteroatoms. The van der Waals surface area contributed by atoms with Gasteiger partial charge in [-0.2, -0.15) is 0 Å². The second-order valence-corrected chi connectivity index (χ2v) is 5.52. The molecule has 2 aromatic rings. The maximum Gasteiger partial charge on any atom is 0.127 e. The van der Waals surface area contributed by atoms with Crippen molar-refractivity contribution in [3.05, 3.63) is 65.5 Å². The fourth-order valence-corrected chi connectivity index (χ4v) is 2.90. The summed E-state index contributed by atoms with van der Waals surface area (Å²) in [5.41, 5.74) is 3.32. The van der Waals surface area contributed by atoms with E-state index in [1.54, 1.807) is 6.07 Å². The molecule has 3 rings (SSSR count). The third kappa shape index (κ3) is 3.42. The van der Waals surface area contributed by atoms with Crippen LogP contribution in [-0.2, 0) is 13.1 Å². The Balaban J connectivity index is 1.64. The summed E-state index contributed by atoms with van der Waals surface area (Å²) >= 11 is 0. The monoisotopic (exact) mass is 284 g/mol. The Morgan fingerprint density at radius 2 is 1.48 bits per heavy atom. The zero-order valence-corrected chi connectivity index (χ0v) is 12.2. The van der Waals surface area contributed by atoms with E-state index in [0.29, 0.717) is 6.54 Å². The summed E-state index contributed by atoms with van der Waals surface area (Å²) in [6.45, 7) is 3.61. The number of halogens is 1. The van der Waals surface area contributed by atoms with Crippen LogP contribution in [0.5, 0.6) is 0 Å². The average Bonchev–Trinajstić information content (AvgIpc) is 3.04. The number of hydrogen-bond donors (Lipinski definition) is 1. The molecule has 0 spiro atoms. The lowest BCUT2D eigenvalue weighted by molar-refractivity contribution is 0.588. The van der Waals surface area contributed by atoms with Crippen molar-refractivity contribution in [2.45, 2.75) is 25.9 Å². The van der Waals surface area contributed by atoms with Gasteiger partial charge in [0.25, 0.3) is 0 Å². The molecule has 0 atom stereocenters. The second kappa shape index (κ2) is 6.72. The van der Waals surface area contributed by atoms with Gasteiger partial charge in [0.05, 0.1) is 0 Å². The maximum atomic E-state index is 13.6. The molecule has 1 aliphatic heterocycles. The molecule has 0 aliphatic carbocycles. The van der Waals surface area contributed by atoms with Crippen molar-refractivity contribution in [1.29, 1.82) is 0 Å². The molecule has 0 aromatic heterocycles. The van der Waals surface area contributed by atoms with E-state index in [1.807, 2.05) is 12.1 Å². The first-order valence-electron chi connectivity index (χ1n) is 7.61. The van der Waals surface area contributed by atoms with Gasteiger partial charge in [-0.1, -0.05) is 36.4 Å². The van der Waals surface area contributed by atoms with E-state index in [0.717, 1.165) is 25.2 Å². The van der Waals surface area contributed by atoms with E-state index in [2.05, 4.69) is 34.5 Å². The van der Waals surface area contributed by atoms with Gasteiger partial charge in [0.15, 0.2) is 0 Å². The van der Waals surface area contributed by atoms with Crippen LogP contribution in [0, 0.1) is 5.82 Å². The predicted octanol–water partition coefficient (Wildman–Crippen LogP) is 3.72. The van der Waals surface area contributed by atoms with E-state index in [-0.39, 0.29) is 5.82 Å². The SMILES string of the molecule is Fc1ccccc1CNCc1ccccc1N1CCCC1. The molecule has 1 aliphatic rings. The normalized spacial score (nSPS) is 14.6. The second-order valence-electron chi connectivity index (χ2n) is 5.52. The molecule has 110 valence electrons. The highest BCUT2D eigenvalue weighted by Gasteiger charge is 2.14. The van der Waals surface area contributed by atoms with Crippen LogP contribution in [0.25, 0.3) is 0 Å². The van der Waals surface area contributed by atoms with Gasteiger partial charge in [-0.3, -0.25) is 0 Å². The number of hydrogen-bond acceptors (Lipinski definition) is 2. The molecule has 21 heavy (non-hydrogen) atoms. The van der Waals surface area contributed by atoms with Gasteiger partial charge in [-0.05, 0) is 30.5 Å². The van der Waals surface area contributed by atoms with Crippen molar-refractivity contribution in [3.63, 3.8) is 0 Å². The number of nitrogens with zero attached hydrogens (tertiary/aromatic N) is 1. The minimum absolute atomic E-state index is 0.141. The average molecular weight is 284 g/mol. The Labute approximate surface area is 125 Å². The van der Waals surface area contributed by atoms with Gasteiger partial charge in [0, 0.05) is 37.4 Å². The van der Waals surface area contributed by atoms with Crippen LogP contribution < -0.4 is 10.2 Å². The fourth-order valence-electron chi connectivity index (χ4n) is 2.90. The number of nitrogens with one attached hydrogen (secondary N) is 1. The van der Waals surface area contributed by atoms with Crippen molar-refractivity contribution in [1.82, 2.24) is 5.32 Å². The van der Waals surface area contributed by atoms with Crippen LogP contribution >= 0.6 is 0 Å². The van der Waals surface area contributed by atoms with Gasteiger partial charge < -0.3 is 10.2 Å². The Bertz CT molecular complexity index is 591. The molecule has 0 unspecified atom stereocenters. The molecule has 1 heterocycles. The zero-order chi connectivity index (χ0) is 14.5. The molecule has 2 nitrogen and oxygen atoms in total. The molecule has 0 radical (unpaired) electrons. The van der Waals surface area contributed by atoms with Crippen LogP contribution in [0.3, 0.4) is 0 Å². The van der Waals surface area contributed by atoms with Gasteiger partial charge in [0.1, 0.15) is 5.82 Å². The van der Waals surface area contributed by atoms with Gasteiger partial charge >= 0.3 is 0 Å². The minimum atomic E-state index is -0.141. The van der Waals surface area contributed by atoms with Crippen molar-refractivity contribution in [3.8, 4) is 0 Å². The van der Waals surface area contributed by atoms with Crippen LogP contribution in [0.15, 0.2) is 48.5 Å². The van der Waals surface area contributed by atoms with E-state index in [9.17, 15) is 4.39 Å². The molecule has 1 saturated heterocycles. The molecule has 0 amide bonds. The number of benzene rings is 2. The van der Waals surface area contributed by atoms with E-state index in [1.165, 1.54) is 30.2 Å². The van der Waals surface area contributed by atoms with Gasteiger partial charge in [-0.15, -0.1) is 0 Å². The standard InChI is InChI=1S/C18H21FN2/c19-17-9-3-1-7-15(17)13-20-14-16-8-2-4-10-18(16)21-11-5-6-12-21/h1-4,7-10,20H,5-6,11-14H2. The van der Waals surface area contributed by atoms with Crippen molar-refractivity contribution < 1.29 is 4.39 Å². The fraction of sp³-hybridized carbons (Fsp3) is 0.333. The summed E-state index contributed by atoms with van der Waals surface area (Å²) in [5, 5.41) is 3.36. The molecule has 1 N–H and O–H groups in total. The van der Waals surface area contributed by atoms with Crippen molar-refractivity contribution >= 4 is 5.69 Å². The lowest BCUT2D eigenvalue weighted by Crippen LogP contribution is -2.21. The minimum Gasteiger partial charge on any atom is -0.371 e. The van der Waals surface area contributed by atoms with E-state index >= 15 is 0 Å². The maximum absolute atomic E-state index is 13.6. The number of para-hydroxylation sites is 1.